The maximum Gasteiger partial charge on any atom is 0.255 e. The second-order valence-electron chi connectivity index (χ2n) is 6.79. The molecule has 2 heterocycles. The summed E-state index contributed by atoms with van der Waals surface area (Å²) >= 11 is 2.62. The fraction of sp³-hybridized carbons (Fsp3) is 0.286. The topological polar surface area (TPSA) is 126 Å². The number of rotatable bonds is 9. The van der Waals surface area contributed by atoms with Crippen LogP contribution in [0.1, 0.15) is 22.5 Å². The molecule has 0 saturated carbocycles. The Kier molecular flexibility index (Phi) is 8.01. The van der Waals surface area contributed by atoms with Gasteiger partial charge in [-0.15, -0.1) is 11.3 Å². The number of methoxy groups -OCH3 is 1. The summed E-state index contributed by atoms with van der Waals surface area (Å²) in [6, 6.07) is 7.67. The Hall–Kier alpha value is -3.18. The molecule has 0 spiro atoms. The van der Waals surface area contributed by atoms with Crippen LogP contribution in [0.3, 0.4) is 0 Å². The molecule has 1 aromatic carbocycles. The number of likely N-dealkylation sites (N-methyl/N-ethyl adjacent to an activating group) is 1. The van der Waals surface area contributed by atoms with Gasteiger partial charge in [-0.25, -0.2) is 9.97 Å². The number of H-pyrrole nitrogens is 1. The van der Waals surface area contributed by atoms with Crippen LogP contribution in [0.2, 0.25) is 0 Å². The molecule has 2 aromatic heterocycles. The number of thioether (sulfide) groups is 1. The summed E-state index contributed by atoms with van der Waals surface area (Å²) in [5, 5.41) is 7.76. The lowest BCUT2D eigenvalue weighted by molar-refractivity contribution is -0.120. The van der Waals surface area contributed by atoms with Crippen molar-refractivity contribution in [1.82, 2.24) is 20.3 Å². The van der Waals surface area contributed by atoms with Crippen molar-refractivity contribution < 1.29 is 14.3 Å². The number of amides is 2. The first-order valence-electron chi connectivity index (χ1n) is 9.68. The maximum atomic E-state index is 12.6. The lowest BCUT2D eigenvalue weighted by Gasteiger charge is -2.08. The Balaban J connectivity index is 1.61. The summed E-state index contributed by atoms with van der Waals surface area (Å²) < 4.78 is 5.22. The van der Waals surface area contributed by atoms with E-state index in [1.165, 1.54) is 23.1 Å². The molecule has 0 unspecified atom stereocenters. The van der Waals surface area contributed by atoms with E-state index in [-0.39, 0.29) is 30.2 Å². The van der Waals surface area contributed by atoms with Gasteiger partial charge in [0.1, 0.15) is 5.75 Å². The molecule has 3 rings (SSSR count). The second-order valence-corrected chi connectivity index (χ2v) is 8.62. The molecular formula is C21H23N5O4S2. The molecule has 0 atom stereocenters. The smallest absolute Gasteiger partial charge is 0.255 e. The number of ether oxygens (including phenoxy) is 1. The Morgan fingerprint density at radius 1 is 1.22 bits per heavy atom. The predicted molar refractivity (Wildman–Crippen MR) is 124 cm³/mol. The third kappa shape index (κ3) is 6.41. The number of aromatic nitrogens is 3. The standard InChI is InChI=1S/C21H23N5O4S2/c1-12-16(9-18(28)25-21-24-14(11-32-21)8-17(27)22-2)19(29)26-20(23-12)31-10-13-5-4-6-15(7-13)30-3/h4-7,11H,8-10H2,1-3H3,(H,22,27)(H,23,26,29)(H,24,25,28). The van der Waals surface area contributed by atoms with E-state index in [1.54, 1.807) is 26.5 Å². The highest BCUT2D eigenvalue weighted by molar-refractivity contribution is 7.98. The Morgan fingerprint density at radius 3 is 2.75 bits per heavy atom. The summed E-state index contributed by atoms with van der Waals surface area (Å²) in [7, 11) is 3.16. The SMILES string of the molecule is CNC(=O)Cc1csc(NC(=O)Cc2c(C)nc(SCc3cccc(OC)c3)[nH]c2=O)n1. The molecule has 3 N–H and O–H groups in total. The molecule has 0 bridgehead atoms. The molecule has 0 saturated heterocycles. The number of nitrogens with zero attached hydrogens (tertiary/aromatic N) is 2. The average Bonchev–Trinajstić information content (AvgIpc) is 3.21. The second kappa shape index (κ2) is 10.9. The van der Waals surface area contributed by atoms with Gasteiger partial charge in [0.25, 0.3) is 5.56 Å². The fourth-order valence-electron chi connectivity index (χ4n) is 2.80. The van der Waals surface area contributed by atoms with Crippen molar-refractivity contribution in [2.24, 2.45) is 0 Å². The summed E-state index contributed by atoms with van der Waals surface area (Å²) in [5.41, 5.74) is 2.06. The van der Waals surface area contributed by atoms with Gasteiger partial charge in [-0.3, -0.25) is 14.4 Å². The number of nitrogens with one attached hydrogen (secondary N) is 3. The minimum Gasteiger partial charge on any atom is -0.497 e. The van der Waals surface area contributed by atoms with Gasteiger partial charge in [-0.05, 0) is 24.6 Å². The molecule has 3 aromatic rings. The third-order valence-electron chi connectivity index (χ3n) is 4.47. The van der Waals surface area contributed by atoms with Crippen LogP contribution in [0.5, 0.6) is 5.75 Å². The number of aryl methyl sites for hydroxylation is 1. The first-order chi connectivity index (χ1) is 15.4. The molecule has 0 fully saturated rings. The van der Waals surface area contributed by atoms with E-state index in [4.69, 9.17) is 4.74 Å². The number of carbonyl (C=O) groups excluding carboxylic acids is 2. The van der Waals surface area contributed by atoms with E-state index in [9.17, 15) is 14.4 Å². The van der Waals surface area contributed by atoms with Crippen molar-refractivity contribution >= 4 is 40.0 Å². The van der Waals surface area contributed by atoms with Crippen molar-refractivity contribution in [1.29, 1.82) is 0 Å². The molecule has 0 aliphatic heterocycles. The zero-order valence-corrected chi connectivity index (χ0v) is 19.5. The first-order valence-corrected chi connectivity index (χ1v) is 11.5. The van der Waals surface area contributed by atoms with Crippen LogP contribution in [0, 0.1) is 6.92 Å². The van der Waals surface area contributed by atoms with Crippen LogP contribution in [0.15, 0.2) is 39.6 Å². The highest BCUT2D eigenvalue weighted by Crippen LogP contribution is 2.22. The number of aromatic amines is 1. The molecule has 9 nitrogen and oxygen atoms in total. The molecule has 0 aliphatic carbocycles. The van der Waals surface area contributed by atoms with Gasteiger partial charge >= 0.3 is 0 Å². The lowest BCUT2D eigenvalue weighted by atomic mass is 10.1. The fourth-order valence-corrected chi connectivity index (χ4v) is 4.37. The normalized spacial score (nSPS) is 10.6. The highest BCUT2D eigenvalue weighted by Gasteiger charge is 2.15. The van der Waals surface area contributed by atoms with Gasteiger partial charge in [0.15, 0.2) is 10.3 Å². The van der Waals surface area contributed by atoms with Gasteiger partial charge in [-0.1, -0.05) is 23.9 Å². The number of thiazole rings is 1. The molecular weight excluding hydrogens is 450 g/mol. The molecule has 11 heteroatoms. The van der Waals surface area contributed by atoms with E-state index in [2.05, 4.69) is 25.6 Å². The van der Waals surface area contributed by atoms with Crippen LogP contribution >= 0.6 is 23.1 Å². The average molecular weight is 474 g/mol. The zero-order valence-electron chi connectivity index (χ0n) is 17.9. The lowest BCUT2D eigenvalue weighted by Crippen LogP contribution is -2.24. The first kappa shape index (κ1) is 23.5. The van der Waals surface area contributed by atoms with Crippen molar-refractivity contribution in [3.63, 3.8) is 0 Å². The summed E-state index contributed by atoms with van der Waals surface area (Å²) in [6.07, 6.45) is 0.0137. The Bertz CT molecular complexity index is 1170. The van der Waals surface area contributed by atoms with Crippen molar-refractivity contribution in [3.05, 3.63) is 62.5 Å². The van der Waals surface area contributed by atoms with E-state index in [0.29, 0.717) is 33.0 Å². The quantitative estimate of drug-likeness (QED) is 0.322. The minimum absolute atomic E-state index is 0.126. The molecule has 168 valence electrons. The van der Waals surface area contributed by atoms with Gasteiger partial charge in [0.05, 0.1) is 25.6 Å². The van der Waals surface area contributed by atoms with Crippen LogP contribution in [-0.4, -0.2) is 40.9 Å². The van der Waals surface area contributed by atoms with Gasteiger partial charge in [0.2, 0.25) is 11.8 Å². The van der Waals surface area contributed by atoms with Gasteiger partial charge in [0, 0.05) is 29.4 Å². The van der Waals surface area contributed by atoms with Crippen LogP contribution in [0.4, 0.5) is 5.13 Å². The molecule has 32 heavy (non-hydrogen) atoms. The minimum atomic E-state index is -0.377. The van der Waals surface area contributed by atoms with E-state index in [1.807, 2.05) is 24.3 Å². The monoisotopic (exact) mass is 473 g/mol. The van der Waals surface area contributed by atoms with Crippen LogP contribution < -0.4 is 20.9 Å². The van der Waals surface area contributed by atoms with E-state index < -0.39 is 0 Å². The number of hydrogen-bond donors (Lipinski definition) is 3. The van der Waals surface area contributed by atoms with Crippen molar-refractivity contribution in [3.8, 4) is 5.75 Å². The number of anilines is 1. The van der Waals surface area contributed by atoms with Crippen molar-refractivity contribution in [2.75, 3.05) is 19.5 Å². The molecule has 2 amide bonds. The summed E-state index contributed by atoms with van der Waals surface area (Å²) in [4.78, 5) is 47.8. The van der Waals surface area contributed by atoms with Crippen molar-refractivity contribution in [2.45, 2.75) is 30.7 Å². The Morgan fingerprint density at radius 2 is 2.03 bits per heavy atom. The van der Waals surface area contributed by atoms with E-state index in [0.717, 1.165) is 11.3 Å². The third-order valence-corrected chi connectivity index (χ3v) is 6.22. The molecule has 0 aliphatic rings. The highest BCUT2D eigenvalue weighted by atomic mass is 32.2. The zero-order chi connectivity index (χ0) is 23.1. The van der Waals surface area contributed by atoms with Gasteiger partial charge < -0.3 is 20.4 Å². The largest absolute Gasteiger partial charge is 0.497 e. The predicted octanol–water partition coefficient (Wildman–Crippen LogP) is 2.31. The number of benzene rings is 1. The Labute approximate surface area is 193 Å². The van der Waals surface area contributed by atoms with Gasteiger partial charge in [-0.2, -0.15) is 0 Å². The number of carbonyl (C=O) groups is 2. The molecule has 0 radical (unpaired) electrons. The maximum absolute atomic E-state index is 12.6. The van der Waals surface area contributed by atoms with Crippen LogP contribution in [0.25, 0.3) is 0 Å². The van der Waals surface area contributed by atoms with E-state index >= 15 is 0 Å². The number of hydrogen-bond acceptors (Lipinski definition) is 8. The van der Waals surface area contributed by atoms with Crippen LogP contribution in [-0.2, 0) is 28.2 Å². The summed E-state index contributed by atoms with van der Waals surface area (Å²) in [6.45, 7) is 1.71. The summed E-state index contributed by atoms with van der Waals surface area (Å²) in [5.74, 6) is 0.842.